The summed E-state index contributed by atoms with van der Waals surface area (Å²) in [5, 5.41) is 6.33. The van der Waals surface area contributed by atoms with Crippen LogP contribution in [0.2, 0.25) is 0 Å². The summed E-state index contributed by atoms with van der Waals surface area (Å²) in [5.41, 5.74) is 4.13. The predicted molar refractivity (Wildman–Crippen MR) is 102 cm³/mol. The molecule has 4 nitrogen and oxygen atoms in total. The molecule has 24 heavy (non-hydrogen) atoms. The van der Waals surface area contributed by atoms with Crippen LogP contribution in [0.1, 0.15) is 17.5 Å². The van der Waals surface area contributed by atoms with Crippen molar-refractivity contribution < 1.29 is 4.79 Å². The Labute approximate surface area is 144 Å². The molecule has 0 aliphatic heterocycles. The van der Waals surface area contributed by atoms with Crippen molar-refractivity contribution in [2.24, 2.45) is 0 Å². The third-order valence-corrected chi connectivity index (χ3v) is 3.77. The quantitative estimate of drug-likeness (QED) is 0.730. The van der Waals surface area contributed by atoms with Gasteiger partial charge in [0.25, 0.3) is 0 Å². The van der Waals surface area contributed by atoms with E-state index in [1.165, 1.54) is 5.56 Å². The van der Waals surface area contributed by atoms with Crippen LogP contribution < -0.4 is 10.6 Å². The summed E-state index contributed by atoms with van der Waals surface area (Å²) in [4.78, 5) is 14.3. The van der Waals surface area contributed by atoms with Crippen LogP contribution in [0.15, 0.2) is 48.5 Å². The van der Waals surface area contributed by atoms with Gasteiger partial charge in [-0.3, -0.25) is 4.79 Å². The van der Waals surface area contributed by atoms with E-state index in [0.717, 1.165) is 36.4 Å². The van der Waals surface area contributed by atoms with Crippen LogP contribution in [0.5, 0.6) is 0 Å². The van der Waals surface area contributed by atoms with Gasteiger partial charge in [-0.2, -0.15) is 0 Å². The number of carbonyl (C=O) groups is 1. The summed E-state index contributed by atoms with van der Waals surface area (Å²) in [6, 6.07) is 15.9. The fourth-order valence-corrected chi connectivity index (χ4v) is 2.40. The largest absolute Gasteiger partial charge is 0.385 e. The Kier molecular flexibility index (Phi) is 6.82. The standard InChI is InChI=1S/C20H27N3O/c1-16-5-7-17(8-6-16)15-20(24)22-19-11-9-18(10-12-19)21-13-4-14-23(2)3/h5-12,21H,4,13-15H2,1-3H3,(H,22,24). The van der Waals surface area contributed by atoms with Crippen LogP contribution in [-0.4, -0.2) is 38.0 Å². The van der Waals surface area contributed by atoms with Crippen molar-refractivity contribution in [1.29, 1.82) is 0 Å². The van der Waals surface area contributed by atoms with Gasteiger partial charge in [0.2, 0.25) is 5.91 Å². The second-order valence-corrected chi connectivity index (χ2v) is 6.37. The van der Waals surface area contributed by atoms with E-state index in [-0.39, 0.29) is 5.91 Å². The van der Waals surface area contributed by atoms with Crippen LogP contribution in [0, 0.1) is 6.92 Å². The molecular weight excluding hydrogens is 298 g/mol. The van der Waals surface area contributed by atoms with Crippen molar-refractivity contribution >= 4 is 17.3 Å². The molecule has 1 amide bonds. The highest BCUT2D eigenvalue weighted by Crippen LogP contribution is 2.14. The summed E-state index contributed by atoms with van der Waals surface area (Å²) in [5.74, 6) is 0.00513. The third kappa shape index (κ3) is 6.42. The second-order valence-electron chi connectivity index (χ2n) is 6.37. The van der Waals surface area contributed by atoms with Gasteiger partial charge in [-0.05, 0) is 63.8 Å². The zero-order valence-corrected chi connectivity index (χ0v) is 14.8. The summed E-state index contributed by atoms with van der Waals surface area (Å²) in [7, 11) is 4.15. The molecule has 0 bridgehead atoms. The van der Waals surface area contributed by atoms with Gasteiger partial charge in [0, 0.05) is 17.9 Å². The monoisotopic (exact) mass is 325 g/mol. The minimum atomic E-state index is 0.00513. The number of hydrogen-bond donors (Lipinski definition) is 2. The zero-order chi connectivity index (χ0) is 17.4. The van der Waals surface area contributed by atoms with Gasteiger partial charge < -0.3 is 15.5 Å². The first kappa shape index (κ1) is 18.0. The fraction of sp³-hybridized carbons (Fsp3) is 0.350. The maximum atomic E-state index is 12.1. The summed E-state index contributed by atoms with van der Waals surface area (Å²) in [6.07, 6.45) is 1.49. The SMILES string of the molecule is Cc1ccc(CC(=O)Nc2ccc(NCCCN(C)C)cc2)cc1. The Morgan fingerprint density at radius 2 is 1.58 bits per heavy atom. The Balaban J connectivity index is 1.78. The molecule has 0 aromatic heterocycles. The molecule has 0 heterocycles. The first-order chi connectivity index (χ1) is 11.5. The predicted octanol–water partition coefficient (Wildman–Crippen LogP) is 3.54. The number of carbonyl (C=O) groups excluding carboxylic acids is 1. The molecule has 0 saturated carbocycles. The maximum absolute atomic E-state index is 12.1. The Bertz CT molecular complexity index is 633. The molecule has 0 aliphatic rings. The average Bonchev–Trinajstić information content (AvgIpc) is 2.55. The number of hydrogen-bond acceptors (Lipinski definition) is 3. The number of anilines is 2. The number of nitrogens with zero attached hydrogens (tertiary/aromatic N) is 1. The number of rotatable bonds is 8. The van der Waals surface area contributed by atoms with Crippen LogP contribution in [0.4, 0.5) is 11.4 Å². The molecule has 0 unspecified atom stereocenters. The molecule has 0 fully saturated rings. The summed E-state index contributed by atoms with van der Waals surface area (Å²) >= 11 is 0. The van der Waals surface area contributed by atoms with Gasteiger partial charge in [0.05, 0.1) is 6.42 Å². The number of amides is 1. The molecule has 0 aliphatic carbocycles. The minimum absolute atomic E-state index is 0.00513. The van der Waals surface area contributed by atoms with E-state index in [0.29, 0.717) is 6.42 Å². The van der Waals surface area contributed by atoms with Crippen molar-refractivity contribution in [3.63, 3.8) is 0 Å². The molecule has 0 saturated heterocycles. The topological polar surface area (TPSA) is 44.4 Å². The van der Waals surface area contributed by atoms with Crippen LogP contribution in [0.25, 0.3) is 0 Å². The van der Waals surface area contributed by atoms with E-state index >= 15 is 0 Å². The van der Waals surface area contributed by atoms with E-state index in [2.05, 4.69) is 29.6 Å². The molecule has 2 rings (SSSR count). The van der Waals surface area contributed by atoms with Crippen LogP contribution >= 0.6 is 0 Å². The van der Waals surface area contributed by atoms with Crippen molar-refractivity contribution in [2.75, 3.05) is 37.8 Å². The number of nitrogens with one attached hydrogen (secondary N) is 2. The van der Waals surface area contributed by atoms with Gasteiger partial charge in [0.1, 0.15) is 0 Å². The Morgan fingerprint density at radius 3 is 2.21 bits per heavy atom. The molecule has 4 heteroatoms. The fourth-order valence-electron chi connectivity index (χ4n) is 2.40. The number of benzene rings is 2. The molecule has 0 radical (unpaired) electrons. The van der Waals surface area contributed by atoms with E-state index in [1.807, 2.05) is 55.5 Å². The lowest BCUT2D eigenvalue weighted by Crippen LogP contribution is -2.16. The van der Waals surface area contributed by atoms with E-state index < -0.39 is 0 Å². The molecule has 0 spiro atoms. The van der Waals surface area contributed by atoms with Crippen molar-refractivity contribution in [3.05, 3.63) is 59.7 Å². The Hall–Kier alpha value is -2.33. The first-order valence-corrected chi connectivity index (χ1v) is 8.37. The van der Waals surface area contributed by atoms with E-state index in [4.69, 9.17) is 0 Å². The molecule has 2 N–H and O–H groups in total. The van der Waals surface area contributed by atoms with Gasteiger partial charge in [-0.1, -0.05) is 29.8 Å². The average molecular weight is 325 g/mol. The van der Waals surface area contributed by atoms with Gasteiger partial charge in [-0.25, -0.2) is 0 Å². The molecule has 0 atom stereocenters. The Morgan fingerprint density at radius 1 is 0.958 bits per heavy atom. The lowest BCUT2D eigenvalue weighted by Gasteiger charge is -2.11. The molecule has 2 aromatic carbocycles. The second kappa shape index (κ2) is 9.08. The minimum Gasteiger partial charge on any atom is -0.385 e. The maximum Gasteiger partial charge on any atom is 0.228 e. The normalized spacial score (nSPS) is 10.7. The van der Waals surface area contributed by atoms with Crippen molar-refractivity contribution in [3.8, 4) is 0 Å². The highest BCUT2D eigenvalue weighted by molar-refractivity contribution is 5.92. The van der Waals surface area contributed by atoms with Crippen molar-refractivity contribution in [2.45, 2.75) is 19.8 Å². The molecule has 128 valence electrons. The van der Waals surface area contributed by atoms with Crippen LogP contribution in [-0.2, 0) is 11.2 Å². The summed E-state index contributed by atoms with van der Waals surface area (Å²) in [6.45, 7) is 4.05. The lowest BCUT2D eigenvalue weighted by atomic mass is 10.1. The van der Waals surface area contributed by atoms with E-state index in [1.54, 1.807) is 0 Å². The van der Waals surface area contributed by atoms with Crippen LogP contribution in [0.3, 0.4) is 0 Å². The first-order valence-electron chi connectivity index (χ1n) is 8.37. The lowest BCUT2D eigenvalue weighted by molar-refractivity contribution is -0.115. The summed E-state index contributed by atoms with van der Waals surface area (Å²) < 4.78 is 0. The third-order valence-electron chi connectivity index (χ3n) is 3.77. The highest BCUT2D eigenvalue weighted by Gasteiger charge is 2.04. The smallest absolute Gasteiger partial charge is 0.228 e. The van der Waals surface area contributed by atoms with Crippen molar-refractivity contribution in [1.82, 2.24) is 4.90 Å². The van der Waals surface area contributed by atoms with Gasteiger partial charge in [0.15, 0.2) is 0 Å². The zero-order valence-electron chi connectivity index (χ0n) is 14.8. The highest BCUT2D eigenvalue weighted by atomic mass is 16.1. The van der Waals surface area contributed by atoms with E-state index in [9.17, 15) is 4.79 Å². The molecule has 2 aromatic rings. The number of aryl methyl sites for hydroxylation is 1. The van der Waals surface area contributed by atoms with Gasteiger partial charge in [-0.15, -0.1) is 0 Å². The molecular formula is C20H27N3O. The van der Waals surface area contributed by atoms with Gasteiger partial charge >= 0.3 is 0 Å².